The summed E-state index contributed by atoms with van der Waals surface area (Å²) in [6.45, 7) is 12.0. The van der Waals surface area contributed by atoms with Gasteiger partial charge < -0.3 is 9.16 Å². The summed E-state index contributed by atoms with van der Waals surface area (Å²) >= 11 is 0. The third-order valence-corrected chi connectivity index (χ3v) is 8.31. The Balaban J connectivity index is 3.30. The lowest BCUT2D eigenvalue weighted by atomic mass is 10.1. The minimum Gasteiger partial charge on any atom is -0.543 e. The molecule has 21 heavy (non-hydrogen) atoms. The van der Waals surface area contributed by atoms with Crippen molar-refractivity contribution in [2.24, 2.45) is 0 Å². The predicted molar refractivity (Wildman–Crippen MR) is 85.6 cm³/mol. The second kappa shape index (κ2) is 6.01. The first-order chi connectivity index (χ1) is 9.49. The average Bonchev–Trinajstić information content (AvgIpc) is 2.36. The Morgan fingerprint density at radius 1 is 1.14 bits per heavy atom. The summed E-state index contributed by atoms with van der Waals surface area (Å²) in [5.41, 5.74) is 0.771. The van der Waals surface area contributed by atoms with E-state index in [0.717, 1.165) is 0 Å². The monoisotopic (exact) mass is 308 g/mol. The Hall–Kier alpha value is -1.62. The van der Waals surface area contributed by atoms with Crippen LogP contribution in [0.25, 0.3) is 0 Å². The fourth-order valence-corrected chi connectivity index (χ4v) is 2.57. The lowest BCUT2D eigenvalue weighted by Gasteiger charge is -2.36. The van der Waals surface area contributed by atoms with E-state index in [1.807, 2.05) is 0 Å². The maximum atomic E-state index is 11.9. The molecule has 116 valence electrons. The number of esters is 1. The van der Waals surface area contributed by atoms with Gasteiger partial charge in [-0.05, 0) is 43.3 Å². The number of Topliss-reactive ketones (excluding diaryl/α,β-unsaturated/α-hetero) is 1. The number of rotatable bonds is 4. The standard InChI is InChI=1S/C16H24O4Si/c1-11(17)12-8-9-14(13(10-12)15(18)19-5)20-21(6,7)16(2,3)4/h8-10H,1-7H3. The second-order valence-corrected chi connectivity index (χ2v) is 11.3. The lowest BCUT2D eigenvalue weighted by molar-refractivity contribution is 0.0598. The number of hydrogen-bond donors (Lipinski definition) is 0. The molecule has 0 spiro atoms. The van der Waals surface area contributed by atoms with Gasteiger partial charge >= 0.3 is 5.97 Å². The molecule has 0 N–H and O–H groups in total. The van der Waals surface area contributed by atoms with Crippen molar-refractivity contribution < 1.29 is 18.8 Å². The van der Waals surface area contributed by atoms with E-state index in [1.165, 1.54) is 20.1 Å². The van der Waals surface area contributed by atoms with Crippen LogP contribution in [0.15, 0.2) is 18.2 Å². The molecule has 0 aliphatic heterocycles. The van der Waals surface area contributed by atoms with Gasteiger partial charge in [0.05, 0.1) is 7.11 Å². The minimum absolute atomic E-state index is 0.0135. The molecule has 1 aromatic carbocycles. The Kier molecular flexibility index (Phi) is 4.99. The molecule has 0 atom stereocenters. The molecule has 0 unspecified atom stereocenters. The molecule has 1 rings (SSSR count). The van der Waals surface area contributed by atoms with E-state index in [4.69, 9.17) is 9.16 Å². The largest absolute Gasteiger partial charge is 0.543 e. The van der Waals surface area contributed by atoms with Crippen molar-refractivity contribution in [3.63, 3.8) is 0 Å². The van der Waals surface area contributed by atoms with Gasteiger partial charge in [0.1, 0.15) is 11.3 Å². The van der Waals surface area contributed by atoms with E-state index in [9.17, 15) is 9.59 Å². The quantitative estimate of drug-likeness (QED) is 0.478. The van der Waals surface area contributed by atoms with Crippen molar-refractivity contribution in [1.82, 2.24) is 0 Å². The van der Waals surface area contributed by atoms with Crippen LogP contribution in [0.5, 0.6) is 5.75 Å². The molecule has 0 fully saturated rings. The number of carbonyl (C=O) groups excluding carboxylic acids is 2. The third-order valence-electron chi connectivity index (χ3n) is 3.96. The molecule has 0 radical (unpaired) electrons. The van der Waals surface area contributed by atoms with Crippen molar-refractivity contribution in [2.45, 2.75) is 45.8 Å². The molecule has 1 aromatic rings. The Morgan fingerprint density at radius 2 is 1.71 bits per heavy atom. The fraction of sp³-hybridized carbons (Fsp3) is 0.500. The summed E-state index contributed by atoms with van der Waals surface area (Å²) in [6.07, 6.45) is 0. The van der Waals surface area contributed by atoms with E-state index in [0.29, 0.717) is 16.9 Å². The van der Waals surface area contributed by atoms with Crippen molar-refractivity contribution in [1.29, 1.82) is 0 Å². The average molecular weight is 308 g/mol. The minimum atomic E-state index is -2.07. The maximum Gasteiger partial charge on any atom is 0.341 e. The van der Waals surface area contributed by atoms with Gasteiger partial charge in [-0.3, -0.25) is 4.79 Å². The number of methoxy groups -OCH3 is 1. The summed E-state index contributed by atoms with van der Waals surface area (Å²) in [7, 11) is -0.755. The Morgan fingerprint density at radius 3 is 2.14 bits per heavy atom. The highest BCUT2D eigenvalue weighted by molar-refractivity contribution is 6.74. The molecular weight excluding hydrogens is 284 g/mol. The molecular formula is C16H24O4Si. The van der Waals surface area contributed by atoms with Gasteiger partial charge in [-0.2, -0.15) is 0 Å². The van der Waals surface area contributed by atoms with Crippen molar-refractivity contribution in [3.05, 3.63) is 29.3 Å². The van der Waals surface area contributed by atoms with Crippen LogP contribution >= 0.6 is 0 Å². The SMILES string of the molecule is COC(=O)c1cc(C(C)=O)ccc1O[Si](C)(C)C(C)(C)C. The zero-order chi connectivity index (χ0) is 16.4. The third kappa shape index (κ3) is 3.94. The van der Waals surface area contributed by atoms with Crippen LogP contribution < -0.4 is 4.43 Å². The van der Waals surface area contributed by atoms with Crippen molar-refractivity contribution in [2.75, 3.05) is 7.11 Å². The number of carbonyl (C=O) groups is 2. The number of ketones is 1. The molecule has 4 nitrogen and oxygen atoms in total. The number of ether oxygens (including phenoxy) is 1. The van der Waals surface area contributed by atoms with Gasteiger partial charge in [-0.1, -0.05) is 20.8 Å². The molecule has 0 aliphatic carbocycles. The molecule has 0 bridgehead atoms. The number of benzene rings is 1. The highest BCUT2D eigenvalue weighted by Crippen LogP contribution is 2.38. The first kappa shape index (κ1) is 17.4. The molecule has 0 heterocycles. The second-order valence-electron chi connectivity index (χ2n) is 6.62. The van der Waals surface area contributed by atoms with E-state index in [2.05, 4.69) is 33.9 Å². The summed E-state index contributed by atoms with van der Waals surface area (Å²) in [5.74, 6) is -0.107. The molecule has 0 saturated carbocycles. The van der Waals surface area contributed by atoms with Crippen molar-refractivity contribution >= 4 is 20.1 Å². The van der Waals surface area contributed by atoms with Gasteiger partial charge in [0.25, 0.3) is 8.32 Å². The van der Waals surface area contributed by atoms with Gasteiger partial charge in [0, 0.05) is 5.56 Å². The van der Waals surface area contributed by atoms with Crippen LogP contribution in [0.1, 0.15) is 48.4 Å². The van der Waals surface area contributed by atoms with E-state index in [-0.39, 0.29) is 10.8 Å². The predicted octanol–water partition coefficient (Wildman–Crippen LogP) is 4.06. The van der Waals surface area contributed by atoms with Gasteiger partial charge in [0.2, 0.25) is 0 Å². The molecule has 0 saturated heterocycles. The Labute approximate surface area is 127 Å². The van der Waals surface area contributed by atoms with Gasteiger partial charge in [0.15, 0.2) is 5.78 Å². The van der Waals surface area contributed by atoms with Crippen LogP contribution in [0, 0.1) is 0 Å². The van der Waals surface area contributed by atoms with E-state index in [1.54, 1.807) is 12.1 Å². The zero-order valence-electron chi connectivity index (χ0n) is 13.9. The molecule has 0 aromatic heterocycles. The summed E-state index contributed by atoms with van der Waals surface area (Å²) in [5, 5.41) is 0.0135. The first-order valence-electron chi connectivity index (χ1n) is 6.92. The first-order valence-corrected chi connectivity index (χ1v) is 9.83. The molecule has 0 aliphatic rings. The fourth-order valence-electron chi connectivity index (χ4n) is 1.54. The summed E-state index contributed by atoms with van der Waals surface area (Å²) in [6, 6.07) is 4.90. The maximum absolute atomic E-state index is 11.9. The number of hydrogen-bond acceptors (Lipinski definition) is 4. The Bertz CT molecular complexity index is 556. The van der Waals surface area contributed by atoms with Crippen LogP contribution in [0.3, 0.4) is 0 Å². The van der Waals surface area contributed by atoms with Crippen LogP contribution in [0.2, 0.25) is 18.1 Å². The van der Waals surface area contributed by atoms with Gasteiger partial charge in [-0.15, -0.1) is 0 Å². The molecule has 5 heteroatoms. The lowest BCUT2D eigenvalue weighted by Crippen LogP contribution is -2.44. The summed E-state index contributed by atoms with van der Waals surface area (Å²) in [4.78, 5) is 23.4. The van der Waals surface area contributed by atoms with Crippen LogP contribution in [-0.4, -0.2) is 27.2 Å². The molecule has 0 amide bonds. The highest BCUT2D eigenvalue weighted by atomic mass is 28.4. The summed E-state index contributed by atoms with van der Waals surface area (Å²) < 4.78 is 11.0. The van der Waals surface area contributed by atoms with E-state index >= 15 is 0 Å². The van der Waals surface area contributed by atoms with Crippen LogP contribution in [0.4, 0.5) is 0 Å². The normalized spacial score (nSPS) is 12.0. The van der Waals surface area contributed by atoms with E-state index < -0.39 is 14.3 Å². The van der Waals surface area contributed by atoms with Crippen LogP contribution in [-0.2, 0) is 4.74 Å². The smallest absolute Gasteiger partial charge is 0.341 e. The van der Waals surface area contributed by atoms with Gasteiger partial charge in [-0.25, -0.2) is 4.79 Å². The zero-order valence-corrected chi connectivity index (χ0v) is 14.9. The highest BCUT2D eigenvalue weighted by Gasteiger charge is 2.39. The topological polar surface area (TPSA) is 52.6 Å². The van der Waals surface area contributed by atoms with Crippen molar-refractivity contribution in [3.8, 4) is 5.75 Å².